The highest BCUT2D eigenvalue weighted by molar-refractivity contribution is 6.42. The van der Waals surface area contributed by atoms with Gasteiger partial charge in [0, 0.05) is 43.4 Å². The van der Waals surface area contributed by atoms with E-state index >= 15 is 0 Å². The number of hydrogen-bond donors (Lipinski definition) is 0. The summed E-state index contributed by atoms with van der Waals surface area (Å²) in [7, 11) is 0. The molecule has 0 aliphatic heterocycles. The molecule has 0 aliphatic carbocycles. The number of fused-ring (bicyclic) bond motifs is 8. The summed E-state index contributed by atoms with van der Waals surface area (Å²) in [4.78, 5) is 45.0. The molecule has 0 saturated heterocycles. The van der Waals surface area contributed by atoms with Gasteiger partial charge in [-0.2, -0.15) is 0 Å². The second kappa shape index (κ2) is 10.9. The first-order chi connectivity index (χ1) is 25.3. The van der Waals surface area contributed by atoms with Crippen molar-refractivity contribution in [1.82, 2.24) is 19.9 Å². The molecular weight excluding hydrogens is 641 g/mol. The topological polar surface area (TPSA) is 85.7 Å². The zero-order valence-corrected chi connectivity index (χ0v) is 28.7. The molecule has 8 aromatic carbocycles. The number of para-hydroxylation sites is 4. The first-order valence-corrected chi connectivity index (χ1v) is 17.4. The molecule has 10 rings (SSSR count). The molecular formula is C46H30N4O2. The zero-order chi connectivity index (χ0) is 35.3. The average Bonchev–Trinajstić information content (AvgIpc) is 3.18. The number of hydrogen-bond acceptors (Lipinski definition) is 6. The van der Waals surface area contributed by atoms with E-state index in [9.17, 15) is 9.59 Å². The Kier molecular flexibility index (Phi) is 6.34. The molecule has 0 N–H and O–H groups in total. The van der Waals surface area contributed by atoms with Crippen LogP contribution in [0.15, 0.2) is 115 Å². The summed E-state index contributed by atoms with van der Waals surface area (Å²) in [5, 5.41) is 6.05. The first-order valence-electron chi connectivity index (χ1n) is 17.4. The van der Waals surface area contributed by atoms with Crippen molar-refractivity contribution in [1.29, 1.82) is 0 Å². The smallest absolute Gasteiger partial charge is 0.150 e. The van der Waals surface area contributed by atoms with Crippen LogP contribution >= 0.6 is 0 Å². The molecule has 0 saturated carbocycles. The summed E-state index contributed by atoms with van der Waals surface area (Å²) in [6.07, 6.45) is 1.73. The lowest BCUT2D eigenvalue weighted by Gasteiger charge is -2.25. The van der Waals surface area contributed by atoms with Gasteiger partial charge in [-0.1, -0.05) is 93.6 Å². The number of aromatic nitrogens is 4. The van der Waals surface area contributed by atoms with Crippen molar-refractivity contribution in [2.45, 2.75) is 26.2 Å². The van der Waals surface area contributed by atoms with E-state index < -0.39 is 0 Å². The summed E-state index contributed by atoms with van der Waals surface area (Å²) in [5.41, 5.74) is 12.5. The number of rotatable bonds is 4. The van der Waals surface area contributed by atoms with Crippen LogP contribution in [-0.4, -0.2) is 32.5 Å². The molecule has 2 aromatic heterocycles. The van der Waals surface area contributed by atoms with Crippen LogP contribution in [0.4, 0.5) is 0 Å². The molecule has 0 amide bonds. The minimum absolute atomic E-state index is 0.172. The fourth-order valence-corrected chi connectivity index (χ4v) is 7.81. The molecule has 0 atom stereocenters. The average molecular weight is 671 g/mol. The maximum atomic E-state index is 11.7. The third kappa shape index (κ3) is 4.37. The number of nitrogens with zero attached hydrogens (tertiary/aromatic N) is 4. The van der Waals surface area contributed by atoms with Gasteiger partial charge in [-0.25, -0.2) is 19.9 Å². The third-order valence-electron chi connectivity index (χ3n) is 10.4. The van der Waals surface area contributed by atoms with Crippen molar-refractivity contribution in [2.75, 3.05) is 0 Å². The summed E-state index contributed by atoms with van der Waals surface area (Å²) >= 11 is 0. The van der Waals surface area contributed by atoms with Gasteiger partial charge in [0.1, 0.15) is 12.6 Å². The van der Waals surface area contributed by atoms with Crippen LogP contribution < -0.4 is 0 Å². The van der Waals surface area contributed by atoms with Gasteiger partial charge in [0.2, 0.25) is 0 Å². The molecule has 52 heavy (non-hydrogen) atoms. The van der Waals surface area contributed by atoms with Crippen LogP contribution in [0.25, 0.3) is 98.7 Å². The molecule has 2 heterocycles. The van der Waals surface area contributed by atoms with E-state index in [-0.39, 0.29) is 5.41 Å². The van der Waals surface area contributed by atoms with Gasteiger partial charge in [-0.05, 0) is 75.7 Å². The first kappa shape index (κ1) is 30.2. The lowest BCUT2D eigenvalue weighted by molar-refractivity contribution is 0.111. The molecule has 0 unspecified atom stereocenters. The van der Waals surface area contributed by atoms with Crippen LogP contribution in [0.1, 0.15) is 47.1 Å². The van der Waals surface area contributed by atoms with Crippen LogP contribution in [0.3, 0.4) is 0 Å². The van der Waals surface area contributed by atoms with Crippen LogP contribution in [0.5, 0.6) is 0 Å². The van der Waals surface area contributed by atoms with Crippen LogP contribution in [-0.2, 0) is 5.41 Å². The Hall–Kier alpha value is -6.66. The van der Waals surface area contributed by atoms with Gasteiger partial charge in [0.05, 0.1) is 44.1 Å². The molecule has 246 valence electrons. The second-order valence-electron chi connectivity index (χ2n) is 14.6. The number of aldehydes is 2. The number of benzene rings is 8. The van der Waals surface area contributed by atoms with Crippen molar-refractivity contribution in [3.63, 3.8) is 0 Å². The maximum Gasteiger partial charge on any atom is 0.150 e. The fraction of sp³-hybridized carbons (Fsp3) is 0.0870. The summed E-state index contributed by atoms with van der Waals surface area (Å²) in [6.45, 7) is 6.69. The summed E-state index contributed by atoms with van der Waals surface area (Å²) in [6, 6.07) is 38.2. The molecule has 6 nitrogen and oxygen atoms in total. The van der Waals surface area contributed by atoms with Gasteiger partial charge in [-0.15, -0.1) is 0 Å². The lowest BCUT2D eigenvalue weighted by atomic mass is 9.80. The Morgan fingerprint density at radius 2 is 0.827 bits per heavy atom. The van der Waals surface area contributed by atoms with E-state index in [0.717, 1.165) is 111 Å². The molecule has 6 heteroatoms. The van der Waals surface area contributed by atoms with E-state index in [4.69, 9.17) is 19.9 Å². The van der Waals surface area contributed by atoms with E-state index in [2.05, 4.69) is 39.0 Å². The Morgan fingerprint density at radius 3 is 1.19 bits per heavy atom. The summed E-state index contributed by atoms with van der Waals surface area (Å²) in [5.74, 6) is 0. The van der Waals surface area contributed by atoms with E-state index in [1.54, 1.807) is 0 Å². The number of carbonyl (C=O) groups excluding carboxylic acids is 2. The Bertz CT molecular complexity index is 2930. The van der Waals surface area contributed by atoms with E-state index in [1.165, 1.54) is 5.56 Å². The monoisotopic (exact) mass is 670 g/mol. The summed E-state index contributed by atoms with van der Waals surface area (Å²) < 4.78 is 0. The second-order valence-corrected chi connectivity index (χ2v) is 14.6. The molecule has 0 spiro atoms. The van der Waals surface area contributed by atoms with Crippen molar-refractivity contribution >= 4 is 89.0 Å². The fourth-order valence-electron chi connectivity index (χ4n) is 7.81. The minimum Gasteiger partial charge on any atom is -0.298 e. The molecule has 0 fully saturated rings. The highest BCUT2D eigenvalue weighted by atomic mass is 16.1. The Labute approximate surface area is 298 Å². The molecule has 0 bridgehead atoms. The molecule has 0 aliphatic rings. The van der Waals surface area contributed by atoms with Crippen molar-refractivity contribution in [3.05, 3.63) is 132 Å². The molecule has 10 aromatic rings. The Morgan fingerprint density at radius 1 is 0.442 bits per heavy atom. The predicted octanol–water partition coefficient (Wildman–Crippen LogP) is 11.0. The van der Waals surface area contributed by atoms with Crippen LogP contribution in [0, 0.1) is 0 Å². The van der Waals surface area contributed by atoms with Gasteiger partial charge < -0.3 is 0 Å². The largest absolute Gasteiger partial charge is 0.298 e. The van der Waals surface area contributed by atoms with E-state index in [1.807, 2.05) is 97.1 Å². The van der Waals surface area contributed by atoms with Gasteiger partial charge in [0.15, 0.2) is 0 Å². The van der Waals surface area contributed by atoms with E-state index in [0.29, 0.717) is 11.1 Å². The number of carbonyl (C=O) groups is 2. The maximum absolute atomic E-state index is 11.7. The minimum atomic E-state index is -0.172. The predicted molar refractivity (Wildman–Crippen MR) is 212 cm³/mol. The normalized spacial score (nSPS) is 12.3. The van der Waals surface area contributed by atoms with Gasteiger partial charge in [-0.3, -0.25) is 9.59 Å². The SMILES string of the molecule is CC(C)(C)c1cc2c3nc4ccccc4nc3c3c(-c4ccc(C=O)cc4)cc(-c4ccc(C=O)cc4)c4c5nc6ccccc6nc5c(c1)c2c34. The highest BCUT2D eigenvalue weighted by Gasteiger charge is 2.28. The van der Waals surface area contributed by atoms with Crippen molar-refractivity contribution < 1.29 is 9.59 Å². The van der Waals surface area contributed by atoms with Crippen molar-refractivity contribution in [2.24, 2.45) is 0 Å². The van der Waals surface area contributed by atoms with Gasteiger partial charge >= 0.3 is 0 Å². The van der Waals surface area contributed by atoms with Crippen molar-refractivity contribution in [3.8, 4) is 22.3 Å². The lowest BCUT2D eigenvalue weighted by Crippen LogP contribution is -2.11. The highest BCUT2D eigenvalue weighted by Crippen LogP contribution is 2.51. The van der Waals surface area contributed by atoms with Crippen LogP contribution in [0.2, 0.25) is 0 Å². The standard InChI is InChI=1S/C46H30N4O2/c1-46(2,3)29-20-32-38-33(21-29)43-45(50-37-11-7-5-9-35(37)48-43)40-31(28-18-14-26(24-52)15-19-28)22-30(27-16-12-25(23-51)13-17-27)39(41(38)40)44-42(32)47-34-8-4-6-10-36(34)49-44/h4-24H,1-3H3. The third-order valence-corrected chi connectivity index (χ3v) is 10.4. The quantitative estimate of drug-likeness (QED) is 0.105. The molecule has 0 radical (unpaired) electrons. The van der Waals surface area contributed by atoms with Gasteiger partial charge in [0.25, 0.3) is 0 Å². The Balaban J connectivity index is 1.56. The zero-order valence-electron chi connectivity index (χ0n) is 28.7.